The van der Waals surface area contributed by atoms with Crippen LogP contribution in [0.1, 0.15) is 9.67 Å². The molecule has 6 heteroatoms. The van der Waals surface area contributed by atoms with Gasteiger partial charge in [0.2, 0.25) is 0 Å². The van der Waals surface area contributed by atoms with E-state index in [2.05, 4.69) is 20.9 Å². The number of benzene rings is 1. The summed E-state index contributed by atoms with van der Waals surface area (Å²) in [6.07, 6.45) is 1.29. The summed E-state index contributed by atoms with van der Waals surface area (Å²) in [5, 5.41) is 9.30. The summed E-state index contributed by atoms with van der Waals surface area (Å²) < 4.78 is 13.4. The van der Waals surface area contributed by atoms with Crippen molar-refractivity contribution in [3.63, 3.8) is 0 Å². The van der Waals surface area contributed by atoms with Crippen LogP contribution in [-0.4, -0.2) is 16.1 Å². The van der Waals surface area contributed by atoms with E-state index in [4.69, 9.17) is 5.11 Å². The van der Waals surface area contributed by atoms with Crippen LogP contribution in [0.15, 0.2) is 28.9 Å². The molecule has 1 aromatic heterocycles. The van der Waals surface area contributed by atoms with E-state index in [0.29, 0.717) is 15.0 Å². The van der Waals surface area contributed by atoms with Crippen LogP contribution < -0.4 is 0 Å². The fourth-order valence-electron chi connectivity index (χ4n) is 1.16. The lowest BCUT2D eigenvalue weighted by molar-refractivity contribution is 0.0702. The summed E-state index contributed by atoms with van der Waals surface area (Å²) in [5.74, 6) is -1.37. The first-order valence-electron chi connectivity index (χ1n) is 4.22. The molecule has 1 heterocycles. The zero-order valence-electron chi connectivity index (χ0n) is 7.78. The molecule has 1 N–H and O–H groups in total. The normalized spacial score (nSPS) is 10.4. The summed E-state index contributed by atoms with van der Waals surface area (Å²) in [5.41, 5.74) is 0.680. The van der Waals surface area contributed by atoms with Gasteiger partial charge in [-0.05, 0) is 34.1 Å². The van der Waals surface area contributed by atoms with E-state index in [9.17, 15) is 9.18 Å². The quantitative estimate of drug-likeness (QED) is 0.925. The van der Waals surface area contributed by atoms with E-state index in [1.807, 2.05) is 0 Å². The molecule has 0 spiro atoms. The zero-order chi connectivity index (χ0) is 11.7. The molecule has 82 valence electrons. The van der Waals surface area contributed by atoms with Crippen molar-refractivity contribution in [1.82, 2.24) is 4.98 Å². The van der Waals surface area contributed by atoms with Crippen molar-refractivity contribution in [3.8, 4) is 10.6 Å². The van der Waals surface area contributed by atoms with E-state index < -0.39 is 5.97 Å². The maximum Gasteiger partial charge on any atom is 0.347 e. The first-order chi connectivity index (χ1) is 7.58. The average Bonchev–Trinajstić information content (AvgIpc) is 2.66. The van der Waals surface area contributed by atoms with Gasteiger partial charge in [0, 0.05) is 10.0 Å². The average molecular weight is 302 g/mol. The van der Waals surface area contributed by atoms with E-state index in [-0.39, 0.29) is 10.7 Å². The number of carboxylic acids is 1. The Bertz CT molecular complexity index is 556. The fraction of sp³-hybridized carbons (Fsp3) is 0. The fourth-order valence-corrected chi connectivity index (χ4v) is 2.62. The van der Waals surface area contributed by atoms with Crippen LogP contribution in [0.4, 0.5) is 4.39 Å². The van der Waals surface area contributed by atoms with Gasteiger partial charge in [-0.25, -0.2) is 14.2 Å². The zero-order valence-corrected chi connectivity index (χ0v) is 10.2. The Labute approximate surface area is 103 Å². The number of carboxylic acid groups (broad SMARTS) is 1. The van der Waals surface area contributed by atoms with Gasteiger partial charge >= 0.3 is 5.97 Å². The topological polar surface area (TPSA) is 50.2 Å². The van der Waals surface area contributed by atoms with Gasteiger partial charge in [-0.15, -0.1) is 11.3 Å². The number of carbonyl (C=O) groups is 1. The van der Waals surface area contributed by atoms with Crippen molar-refractivity contribution in [2.75, 3.05) is 0 Å². The van der Waals surface area contributed by atoms with Gasteiger partial charge in [0.15, 0.2) is 0 Å². The highest BCUT2D eigenvalue weighted by Crippen LogP contribution is 2.31. The number of halogens is 2. The predicted molar refractivity (Wildman–Crippen MR) is 62.2 cm³/mol. The number of aromatic nitrogens is 1. The Morgan fingerprint density at radius 3 is 2.81 bits per heavy atom. The third kappa shape index (κ3) is 2.12. The van der Waals surface area contributed by atoms with E-state index >= 15 is 0 Å². The number of nitrogens with zero attached hydrogens (tertiary/aromatic N) is 1. The number of hydrogen-bond acceptors (Lipinski definition) is 3. The second-order valence-corrected chi connectivity index (χ2v) is 4.84. The standard InChI is InChI=1S/C10H5BrFNO2S/c11-7-3-5(12)1-2-6(7)9-13-4-8(16-9)10(14)15/h1-4H,(H,14,15). The molecule has 16 heavy (non-hydrogen) atoms. The molecule has 0 aliphatic rings. The molecule has 0 bridgehead atoms. The molecule has 0 atom stereocenters. The monoisotopic (exact) mass is 301 g/mol. The largest absolute Gasteiger partial charge is 0.477 e. The van der Waals surface area contributed by atoms with Crippen LogP contribution in [0, 0.1) is 5.82 Å². The summed E-state index contributed by atoms with van der Waals surface area (Å²) in [6.45, 7) is 0. The highest BCUT2D eigenvalue weighted by molar-refractivity contribution is 9.10. The minimum atomic E-state index is -1.01. The lowest BCUT2D eigenvalue weighted by atomic mass is 10.2. The Kier molecular flexibility index (Phi) is 3.02. The molecule has 0 radical (unpaired) electrons. The summed E-state index contributed by atoms with van der Waals surface area (Å²) >= 11 is 4.26. The van der Waals surface area contributed by atoms with Crippen LogP contribution in [-0.2, 0) is 0 Å². The van der Waals surface area contributed by atoms with Crippen molar-refractivity contribution < 1.29 is 14.3 Å². The van der Waals surface area contributed by atoms with Gasteiger partial charge in [-0.2, -0.15) is 0 Å². The maximum absolute atomic E-state index is 12.9. The highest BCUT2D eigenvalue weighted by Gasteiger charge is 2.12. The van der Waals surface area contributed by atoms with E-state index in [0.717, 1.165) is 11.3 Å². The Balaban J connectivity index is 2.46. The highest BCUT2D eigenvalue weighted by atomic mass is 79.9. The summed E-state index contributed by atoms with van der Waals surface area (Å²) in [6, 6.07) is 4.18. The number of thiazole rings is 1. The molecule has 0 saturated carbocycles. The second kappa shape index (κ2) is 4.31. The Morgan fingerprint density at radius 2 is 2.25 bits per heavy atom. The van der Waals surface area contributed by atoms with Crippen molar-refractivity contribution in [2.24, 2.45) is 0 Å². The van der Waals surface area contributed by atoms with Crippen molar-refractivity contribution in [3.05, 3.63) is 39.6 Å². The van der Waals surface area contributed by atoms with Gasteiger partial charge in [0.1, 0.15) is 15.7 Å². The summed E-state index contributed by atoms with van der Waals surface area (Å²) in [4.78, 5) is 14.8. The second-order valence-electron chi connectivity index (χ2n) is 2.96. The third-order valence-electron chi connectivity index (χ3n) is 1.88. The smallest absolute Gasteiger partial charge is 0.347 e. The minimum Gasteiger partial charge on any atom is -0.477 e. The molecule has 0 aliphatic carbocycles. The predicted octanol–water partition coefficient (Wildman–Crippen LogP) is 3.41. The SMILES string of the molecule is O=C(O)c1cnc(-c2ccc(F)cc2Br)s1. The van der Waals surface area contributed by atoms with Gasteiger partial charge in [-0.1, -0.05) is 0 Å². The molecular weight excluding hydrogens is 297 g/mol. The van der Waals surface area contributed by atoms with Crippen LogP contribution in [0.2, 0.25) is 0 Å². The molecule has 0 aliphatic heterocycles. The molecule has 2 rings (SSSR count). The van der Waals surface area contributed by atoms with Crippen LogP contribution in [0.5, 0.6) is 0 Å². The van der Waals surface area contributed by atoms with Crippen LogP contribution >= 0.6 is 27.3 Å². The maximum atomic E-state index is 12.9. The lowest BCUT2D eigenvalue weighted by Gasteiger charge is -1.99. The van der Waals surface area contributed by atoms with Gasteiger partial charge in [0.25, 0.3) is 0 Å². The number of aromatic carboxylic acids is 1. The molecule has 0 amide bonds. The van der Waals surface area contributed by atoms with Crippen molar-refractivity contribution in [1.29, 1.82) is 0 Å². The molecule has 3 nitrogen and oxygen atoms in total. The lowest BCUT2D eigenvalue weighted by Crippen LogP contribution is -1.89. The molecule has 0 unspecified atom stereocenters. The number of rotatable bonds is 2. The molecule has 1 aromatic carbocycles. The molecule has 2 aromatic rings. The van der Waals surface area contributed by atoms with Crippen molar-refractivity contribution in [2.45, 2.75) is 0 Å². The summed E-state index contributed by atoms with van der Waals surface area (Å²) in [7, 11) is 0. The van der Waals surface area contributed by atoms with E-state index in [1.54, 1.807) is 6.07 Å². The van der Waals surface area contributed by atoms with Crippen LogP contribution in [0.25, 0.3) is 10.6 Å². The van der Waals surface area contributed by atoms with Gasteiger partial charge in [-0.3, -0.25) is 0 Å². The van der Waals surface area contributed by atoms with E-state index in [1.165, 1.54) is 18.3 Å². The van der Waals surface area contributed by atoms with Gasteiger partial charge < -0.3 is 5.11 Å². The molecule has 0 fully saturated rings. The Hall–Kier alpha value is -1.27. The van der Waals surface area contributed by atoms with Crippen molar-refractivity contribution >= 4 is 33.2 Å². The number of hydrogen-bond donors (Lipinski definition) is 1. The Morgan fingerprint density at radius 1 is 1.50 bits per heavy atom. The molecule has 0 saturated heterocycles. The van der Waals surface area contributed by atoms with Crippen LogP contribution in [0.3, 0.4) is 0 Å². The third-order valence-corrected chi connectivity index (χ3v) is 3.55. The first kappa shape index (κ1) is 11.2. The molecular formula is C10H5BrFNO2S. The van der Waals surface area contributed by atoms with Gasteiger partial charge in [0.05, 0.1) is 6.20 Å². The minimum absolute atomic E-state index is 0.159. The first-order valence-corrected chi connectivity index (χ1v) is 5.83.